The van der Waals surface area contributed by atoms with Gasteiger partial charge in [-0.15, -0.1) is 0 Å². The Labute approximate surface area is 213 Å². The minimum Gasteiger partial charge on any atom is -0.490 e. The van der Waals surface area contributed by atoms with Crippen molar-refractivity contribution in [2.45, 2.75) is 13.8 Å². The number of sulfone groups is 1. The number of carbonyl (C=O) groups excluding carboxylic acids is 1. The molecule has 188 valence electrons. The summed E-state index contributed by atoms with van der Waals surface area (Å²) in [6.07, 6.45) is 2.45. The molecule has 0 bridgehead atoms. The van der Waals surface area contributed by atoms with Gasteiger partial charge in [-0.05, 0) is 49.2 Å². The lowest BCUT2D eigenvalue weighted by atomic mass is 10.1. The number of nitrogens with zero attached hydrogens (tertiary/aromatic N) is 3. The molecule has 2 aromatic carbocycles. The van der Waals surface area contributed by atoms with Crippen molar-refractivity contribution in [3.05, 3.63) is 59.2 Å². The molecule has 2 aliphatic rings. The van der Waals surface area contributed by atoms with Crippen LogP contribution in [0.1, 0.15) is 18.1 Å². The summed E-state index contributed by atoms with van der Waals surface area (Å²) < 4.78 is 45.3. The van der Waals surface area contributed by atoms with Gasteiger partial charge in [0.2, 0.25) is 20.2 Å². The monoisotopic (exact) mass is 528 g/mol. The second kappa shape index (κ2) is 10.5. The molecule has 0 unspecified atom stereocenters. The van der Waals surface area contributed by atoms with E-state index in [1.807, 2.05) is 38.1 Å². The van der Waals surface area contributed by atoms with E-state index in [-0.39, 0.29) is 28.4 Å². The Morgan fingerprint density at radius 2 is 1.78 bits per heavy atom. The molecule has 2 heterocycles. The van der Waals surface area contributed by atoms with Crippen LogP contribution in [0.2, 0.25) is 0 Å². The Hall–Kier alpha value is -3.64. The maximum atomic E-state index is 12.6. The first kappa shape index (κ1) is 25.5. The summed E-state index contributed by atoms with van der Waals surface area (Å²) in [6.45, 7) is 4.82. The second-order valence-electron chi connectivity index (χ2n) is 7.78. The van der Waals surface area contributed by atoms with E-state index in [4.69, 9.17) is 19.6 Å². The van der Waals surface area contributed by atoms with Gasteiger partial charge in [-0.2, -0.15) is 9.39 Å². The average molecular weight is 529 g/mol. The predicted octanol–water partition coefficient (Wildman–Crippen LogP) is 3.47. The van der Waals surface area contributed by atoms with E-state index in [2.05, 4.69) is 9.39 Å². The lowest BCUT2D eigenvalue weighted by Gasteiger charge is -2.23. The molecule has 2 aliphatic heterocycles. The van der Waals surface area contributed by atoms with Gasteiger partial charge in [-0.3, -0.25) is 10.2 Å². The Balaban J connectivity index is 1.51. The fraction of sp³-hybridized carbons (Fsp3) is 0.250. The van der Waals surface area contributed by atoms with Crippen LogP contribution in [0.5, 0.6) is 17.2 Å². The fourth-order valence-electron chi connectivity index (χ4n) is 3.43. The molecular weight excluding hydrogens is 504 g/mol. The molecule has 0 saturated heterocycles. The Kier molecular flexibility index (Phi) is 7.45. The maximum absolute atomic E-state index is 12.6. The van der Waals surface area contributed by atoms with E-state index >= 15 is 0 Å². The molecule has 0 atom stereocenters. The number of amides is 1. The standard InChI is InChI=1S/C24H24N4O6S2/c1-4-32-20-14-16(9-10-19(20)34-12-11-33-18-8-6-5-7-15(18)2)13-17-21(25)28-23(26-22(17)29)35-27-24(28)36(3,30)31/h5-10,13-14,25H,4,11-12H2,1-3H3. The van der Waals surface area contributed by atoms with Crippen molar-refractivity contribution in [3.8, 4) is 17.2 Å². The number of fused-ring (bicyclic) bond motifs is 1. The molecule has 36 heavy (non-hydrogen) atoms. The normalized spacial score (nSPS) is 16.5. The molecule has 0 saturated carbocycles. The number of aliphatic imine (C=N–C) groups is 1. The second-order valence-corrected chi connectivity index (χ2v) is 10.4. The number of carbonyl (C=O) groups is 1. The number of para-hydroxylation sites is 1. The van der Waals surface area contributed by atoms with E-state index in [0.29, 0.717) is 30.3 Å². The van der Waals surface area contributed by atoms with Crippen LogP contribution in [0.25, 0.3) is 6.08 Å². The third-order valence-corrected chi connectivity index (χ3v) is 6.85. The number of amidine groups is 3. The summed E-state index contributed by atoms with van der Waals surface area (Å²) in [6, 6.07) is 12.8. The van der Waals surface area contributed by atoms with Gasteiger partial charge in [-0.1, -0.05) is 24.3 Å². The predicted molar refractivity (Wildman–Crippen MR) is 140 cm³/mol. The van der Waals surface area contributed by atoms with E-state index in [1.54, 1.807) is 18.2 Å². The van der Waals surface area contributed by atoms with Crippen LogP contribution in [0.3, 0.4) is 0 Å². The van der Waals surface area contributed by atoms with E-state index < -0.39 is 15.7 Å². The van der Waals surface area contributed by atoms with Crippen LogP contribution < -0.4 is 14.2 Å². The molecular formula is C24H24N4O6S2. The molecule has 2 aromatic rings. The van der Waals surface area contributed by atoms with Crippen molar-refractivity contribution < 1.29 is 27.4 Å². The summed E-state index contributed by atoms with van der Waals surface area (Å²) in [5, 5.41) is 8.17. The summed E-state index contributed by atoms with van der Waals surface area (Å²) in [7, 11) is -3.72. The van der Waals surface area contributed by atoms with Gasteiger partial charge in [-0.25, -0.2) is 13.3 Å². The molecule has 10 nitrogen and oxygen atoms in total. The highest BCUT2D eigenvalue weighted by molar-refractivity contribution is 8.16. The Morgan fingerprint density at radius 1 is 1.06 bits per heavy atom. The van der Waals surface area contributed by atoms with Gasteiger partial charge >= 0.3 is 0 Å². The third-order valence-electron chi connectivity index (χ3n) is 5.10. The molecule has 4 rings (SSSR count). The first-order valence-electron chi connectivity index (χ1n) is 11.0. The van der Waals surface area contributed by atoms with Crippen LogP contribution in [0.4, 0.5) is 0 Å². The lowest BCUT2D eigenvalue weighted by Crippen LogP contribution is -2.45. The molecule has 0 radical (unpaired) electrons. The van der Waals surface area contributed by atoms with E-state index in [9.17, 15) is 13.2 Å². The van der Waals surface area contributed by atoms with Crippen molar-refractivity contribution in [1.82, 2.24) is 4.90 Å². The van der Waals surface area contributed by atoms with Crippen LogP contribution in [-0.2, 0) is 14.6 Å². The SMILES string of the molecule is CCOc1cc(C=C2C(=N)N3C(=NC2=O)SN=C3S(C)(=O)=O)ccc1OCCOc1ccccc1C. The molecule has 12 heteroatoms. The highest BCUT2D eigenvalue weighted by Crippen LogP contribution is 2.32. The third kappa shape index (κ3) is 5.44. The van der Waals surface area contributed by atoms with Crippen molar-refractivity contribution in [1.29, 1.82) is 5.41 Å². The summed E-state index contributed by atoms with van der Waals surface area (Å²) >= 11 is 0.746. The van der Waals surface area contributed by atoms with Crippen molar-refractivity contribution >= 4 is 49.9 Å². The van der Waals surface area contributed by atoms with Crippen molar-refractivity contribution in [2.75, 3.05) is 26.1 Å². The lowest BCUT2D eigenvalue weighted by molar-refractivity contribution is -0.114. The van der Waals surface area contributed by atoms with Gasteiger partial charge in [0.1, 0.15) is 24.8 Å². The van der Waals surface area contributed by atoms with Crippen molar-refractivity contribution in [3.63, 3.8) is 0 Å². The number of hydrogen-bond donors (Lipinski definition) is 1. The van der Waals surface area contributed by atoms with Crippen molar-refractivity contribution in [2.24, 2.45) is 9.39 Å². The molecule has 0 aliphatic carbocycles. The minimum absolute atomic E-state index is 0.0363. The van der Waals surface area contributed by atoms with Gasteiger partial charge in [0.25, 0.3) is 5.91 Å². The zero-order valence-corrected chi connectivity index (χ0v) is 21.5. The minimum atomic E-state index is -3.72. The van der Waals surface area contributed by atoms with Gasteiger partial charge in [0.05, 0.1) is 24.1 Å². The highest BCUT2D eigenvalue weighted by Gasteiger charge is 2.41. The zero-order chi connectivity index (χ0) is 25.9. The van der Waals surface area contributed by atoms with Gasteiger partial charge in [0, 0.05) is 6.26 Å². The first-order valence-corrected chi connectivity index (χ1v) is 13.6. The van der Waals surface area contributed by atoms with Crippen LogP contribution in [0, 0.1) is 12.3 Å². The topological polar surface area (TPSA) is 131 Å². The highest BCUT2D eigenvalue weighted by atomic mass is 32.2. The number of ether oxygens (including phenoxy) is 3. The number of rotatable bonds is 8. The quantitative estimate of drug-likeness (QED) is 0.313. The molecule has 1 N–H and O–H groups in total. The van der Waals surface area contributed by atoms with Crippen LogP contribution in [0.15, 0.2) is 57.4 Å². The first-order chi connectivity index (χ1) is 17.2. The van der Waals surface area contributed by atoms with E-state index in [0.717, 1.165) is 34.4 Å². The molecule has 0 aromatic heterocycles. The zero-order valence-electron chi connectivity index (χ0n) is 19.8. The van der Waals surface area contributed by atoms with Gasteiger partial charge < -0.3 is 14.2 Å². The molecule has 1 amide bonds. The smallest absolute Gasteiger partial charge is 0.283 e. The van der Waals surface area contributed by atoms with Crippen LogP contribution >= 0.6 is 11.9 Å². The number of nitrogens with one attached hydrogen (secondary N) is 1. The fourth-order valence-corrected chi connectivity index (χ4v) is 5.27. The maximum Gasteiger partial charge on any atom is 0.283 e. The largest absolute Gasteiger partial charge is 0.490 e. The number of benzene rings is 2. The molecule has 0 fully saturated rings. The summed E-state index contributed by atoms with van der Waals surface area (Å²) in [5.74, 6) is 0.775. The van der Waals surface area contributed by atoms with Gasteiger partial charge in [0.15, 0.2) is 11.5 Å². The Bertz CT molecular complexity index is 1420. The number of hydrogen-bond acceptors (Lipinski definition) is 9. The Morgan fingerprint density at radius 3 is 2.47 bits per heavy atom. The summed E-state index contributed by atoms with van der Waals surface area (Å²) in [5.41, 5.74) is 1.52. The number of aryl methyl sites for hydroxylation is 1. The average Bonchev–Trinajstić information content (AvgIpc) is 3.26. The summed E-state index contributed by atoms with van der Waals surface area (Å²) in [4.78, 5) is 17.6. The van der Waals surface area contributed by atoms with E-state index in [1.165, 1.54) is 6.08 Å². The van der Waals surface area contributed by atoms with Crippen LogP contribution in [-0.4, -0.2) is 61.5 Å². The molecule has 0 spiro atoms.